The van der Waals surface area contributed by atoms with E-state index in [1.807, 2.05) is 6.20 Å². The van der Waals surface area contributed by atoms with Crippen LogP contribution < -0.4 is 0 Å². The predicted molar refractivity (Wildman–Crippen MR) is 117 cm³/mol. The van der Waals surface area contributed by atoms with Gasteiger partial charge in [0.2, 0.25) is 0 Å². The molecule has 1 aliphatic heterocycles. The van der Waals surface area contributed by atoms with Crippen molar-refractivity contribution in [3.63, 3.8) is 0 Å². The summed E-state index contributed by atoms with van der Waals surface area (Å²) in [4.78, 5) is 19.4. The molecule has 0 aliphatic carbocycles. The summed E-state index contributed by atoms with van der Waals surface area (Å²) >= 11 is 0. The Bertz CT molecular complexity index is 1060. The Labute approximate surface area is 182 Å². The fourth-order valence-corrected chi connectivity index (χ4v) is 4.02. The topological polar surface area (TPSA) is 47.4 Å². The maximum atomic E-state index is 14.3. The average Bonchev–Trinajstić information content (AvgIpc) is 3.42. The molecule has 1 aromatic heterocycles. The van der Waals surface area contributed by atoms with Gasteiger partial charge in [0.15, 0.2) is 0 Å². The fraction of sp³-hybridized carbons (Fsp3) is 0.360. The Morgan fingerprint density at radius 1 is 1.26 bits per heavy atom. The van der Waals surface area contributed by atoms with Gasteiger partial charge in [0.05, 0.1) is 18.2 Å². The maximum absolute atomic E-state index is 14.3. The molecule has 0 saturated carbocycles. The molecule has 31 heavy (non-hydrogen) atoms. The monoisotopic (exact) mass is 421 g/mol. The lowest BCUT2D eigenvalue weighted by molar-refractivity contribution is 0.0495. The smallest absolute Gasteiger partial charge is 0.257 e. The molecule has 1 saturated heterocycles. The van der Waals surface area contributed by atoms with E-state index in [4.69, 9.17) is 4.74 Å². The van der Waals surface area contributed by atoms with Crippen molar-refractivity contribution >= 4 is 5.91 Å². The number of hydrogen-bond donors (Lipinski definition) is 0. The van der Waals surface area contributed by atoms with Gasteiger partial charge in [-0.05, 0) is 49.9 Å². The van der Waals surface area contributed by atoms with Crippen molar-refractivity contribution in [3.05, 3.63) is 88.8 Å². The highest BCUT2D eigenvalue weighted by Gasteiger charge is 2.26. The van der Waals surface area contributed by atoms with Crippen molar-refractivity contribution in [1.82, 2.24) is 14.5 Å². The van der Waals surface area contributed by atoms with Crippen molar-refractivity contribution in [2.75, 3.05) is 13.2 Å². The molecule has 6 heteroatoms. The molecule has 1 unspecified atom stereocenters. The molecule has 0 spiro atoms. The third-order valence-corrected chi connectivity index (χ3v) is 5.82. The van der Waals surface area contributed by atoms with E-state index in [0.29, 0.717) is 26.2 Å². The molecule has 5 nitrogen and oxygen atoms in total. The zero-order valence-electron chi connectivity index (χ0n) is 18.1. The van der Waals surface area contributed by atoms with Crippen LogP contribution in [0.1, 0.15) is 45.7 Å². The molecule has 2 aromatic carbocycles. The third kappa shape index (κ3) is 5.02. The number of benzene rings is 2. The van der Waals surface area contributed by atoms with Gasteiger partial charge in [-0.1, -0.05) is 35.9 Å². The first-order chi connectivity index (χ1) is 15.0. The molecule has 0 radical (unpaired) electrons. The van der Waals surface area contributed by atoms with Crippen LogP contribution in [0.15, 0.2) is 54.9 Å². The fourth-order valence-electron chi connectivity index (χ4n) is 4.02. The maximum Gasteiger partial charge on any atom is 0.257 e. The van der Waals surface area contributed by atoms with E-state index in [2.05, 4.69) is 41.6 Å². The summed E-state index contributed by atoms with van der Waals surface area (Å²) < 4.78 is 22.2. The van der Waals surface area contributed by atoms with Crippen molar-refractivity contribution in [2.24, 2.45) is 0 Å². The molecular weight excluding hydrogens is 393 g/mol. The highest BCUT2D eigenvalue weighted by atomic mass is 19.1. The van der Waals surface area contributed by atoms with Crippen molar-refractivity contribution < 1.29 is 13.9 Å². The number of carbonyl (C=O) groups excluding carboxylic acids is 1. The standard InChI is InChI=1S/C25H28FN3O2/c1-18-9-10-19(2)20(14-18)15-28-12-11-27-24(28)17-29(16-21-6-5-13-31-21)25(30)22-7-3-4-8-23(22)26/h3-4,7-12,14,21H,5-6,13,15-17H2,1-2H3. The second-order valence-electron chi connectivity index (χ2n) is 8.20. The molecule has 1 atom stereocenters. The summed E-state index contributed by atoms with van der Waals surface area (Å²) in [5.41, 5.74) is 3.71. The van der Waals surface area contributed by atoms with Crippen LogP contribution in [0.25, 0.3) is 0 Å². The molecule has 1 aliphatic rings. The van der Waals surface area contributed by atoms with Gasteiger partial charge in [0.1, 0.15) is 11.6 Å². The molecule has 1 amide bonds. The van der Waals surface area contributed by atoms with Crippen LogP contribution in [-0.4, -0.2) is 39.6 Å². The number of carbonyl (C=O) groups is 1. The van der Waals surface area contributed by atoms with Crippen LogP contribution in [0.2, 0.25) is 0 Å². The summed E-state index contributed by atoms with van der Waals surface area (Å²) in [6.45, 7) is 6.26. The zero-order chi connectivity index (χ0) is 21.8. The zero-order valence-corrected chi connectivity index (χ0v) is 18.1. The number of hydrogen-bond acceptors (Lipinski definition) is 3. The number of aryl methyl sites for hydroxylation is 2. The molecule has 4 rings (SSSR count). The summed E-state index contributed by atoms with van der Waals surface area (Å²) in [6, 6.07) is 12.5. The van der Waals surface area contributed by atoms with Crippen LogP contribution in [0, 0.1) is 19.7 Å². The van der Waals surface area contributed by atoms with E-state index in [1.165, 1.54) is 28.8 Å². The Kier molecular flexibility index (Phi) is 6.47. The molecule has 3 aromatic rings. The Morgan fingerprint density at radius 3 is 2.87 bits per heavy atom. The van der Waals surface area contributed by atoms with E-state index < -0.39 is 5.82 Å². The highest BCUT2D eigenvalue weighted by Crippen LogP contribution is 2.19. The largest absolute Gasteiger partial charge is 0.376 e. The number of amides is 1. The number of nitrogens with zero attached hydrogens (tertiary/aromatic N) is 3. The second kappa shape index (κ2) is 9.43. The minimum absolute atomic E-state index is 0.0295. The van der Waals surface area contributed by atoms with Gasteiger partial charge in [-0.3, -0.25) is 4.79 Å². The number of aromatic nitrogens is 2. The van der Waals surface area contributed by atoms with Crippen LogP contribution >= 0.6 is 0 Å². The predicted octanol–water partition coefficient (Wildman–Crippen LogP) is 4.51. The van der Waals surface area contributed by atoms with E-state index in [-0.39, 0.29) is 17.6 Å². The van der Waals surface area contributed by atoms with Gasteiger partial charge in [-0.15, -0.1) is 0 Å². The normalized spacial score (nSPS) is 15.9. The summed E-state index contributed by atoms with van der Waals surface area (Å²) in [7, 11) is 0. The lowest BCUT2D eigenvalue weighted by atomic mass is 10.1. The second-order valence-corrected chi connectivity index (χ2v) is 8.20. The van der Waals surface area contributed by atoms with Gasteiger partial charge < -0.3 is 14.2 Å². The van der Waals surface area contributed by atoms with E-state index in [0.717, 1.165) is 18.7 Å². The molecule has 0 bridgehead atoms. The van der Waals surface area contributed by atoms with E-state index in [9.17, 15) is 9.18 Å². The molecule has 2 heterocycles. The molecule has 0 N–H and O–H groups in total. The van der Waals surface area contributed by atoms with Gasteiger partial charge >= 0.3 is 0 Å². The Balaban J connectivity index is 1.58. The number of halogens is 1. The third-order valence-electron chi connectivity index (χ3n) is 5.82. The molecule has 1 fully saturated rings. The van der Waals surface area contributed by atoms with Gasteiger partial charge in [0.25, 0.3) is 5.91 Å². The van der Waals surface area contributed by atoms with Gasteiger partial charge in [-0.25, -0.2) is 9.37 Å². The summed E-state index contributed by atoms with van der Waals surface area (Å²) in [5, 5.41) is 0. The molecular formula is C25H28FN3O2. The van der Waals surface area contributed by atoms with Crippen molar-refractivity contribution in [3.8, 4) is 0 Å². The van der Waals surface area contributed by atoms with Crippen LogP contribution in [0.4, 0.5) is 4.39 Å². The first kappa shape index (κ1) is 21.2. The number of ether oxygens (including phenoxy) is 1. The first-order valence-electron chi connectivity index (χ1n) is 10.7. The molecule has 162 valence electrons. The minimum atomic E-state index is -0.511. The van der Waals surface area contributed by atoms with Crippen molar-refractivity contribution in [2.45, 2.75) is 45.9 Å². The van der Waals surface area contributed by atoms with Gasteiger partial charge in [0, 0.05) is 32.1 Å². The van der Waals surface area contributed by atoms with Crippen LogP contribution in [0.5, 0.6) is 0 Å². The van der Waals surface area contributed by atoms with E-state index >= 15 is 0 Å². The Hall–Kier alpha value is -2.99. The quantitative estimate of drug-likeness (QED) is 0.564. The van der Waals surface area contributed by atoms with Gasteiger partial charge in [-0.2, -0.15) is 0 Å². The summed E-state index contributed by atoms with van der Waals surface area (Å²) in [6.07, 6.45) is 5.52. The van der Waals surface area contributed by atoms with Crippen LogP contribution in [0.3, 0.4) is 0 Å². The number of imidazole rings is 1. The van der Waals surface area contributed by atoms with E-state index in [1.54, 1.807) is 23.2 Å². The van der Waals surface area contributed by atoms with Crippen LogP contribution in [-0.2, 0) is 17.8 Å². The lowest BCUT2D eigenvalue weighted by Crippen LogP contribution is -2.38. The van der Waals surface area contributed by atoms with Crippen molar-refractivity contribution in [1.29, 1.82) is 0 Å². The Morgan fingerprint density at radius 2 is 2.10 bits per heavy atom. The first-order valence-corrected chi connectivity index (χ1v) is 10.7. The average molecular weight is 422 g/mol. The lowest BCUT2D eigenvalue weighted by Gasteiger charge is -2.26. The highest BCUT2D eigenvalue weighted by molar-refractivity contribution is 5.94. The summed E-state index contributed by atoms with van der Waals surface area (Å²) in [5.74, 6) is -0.0814. The number of rotatable bonds is 7. The minimum Gasteiger partial charge on any atom is -0.376 e. The SMILES string of the molecule is Cc1ccc(C)c(Cn2ccnc2CN(CC2CCCO2)C(=O)c2ccccc2F)c1.